The minimum Gasteiger partial charge on any atom is -0.356 e. The summed E-state index contributed by atoms with van der Waals surface area (Å²) in [4.78, 5) is 10.9. The molecule has 2 nitrogen and oxygen atoms in total. The number of nitrogens with one attached hydrogen (secondary N) is 1. The van der Waals surface area contributed by atoms with Crippen LogP contribution in [0.5, 0.6) is 0 Å². The number of carbonyl (C=O) groups is 1. The molecule has 104 valence electrons. The molecule has 1 amide bonds. The average Bonchev–Trinajstić information content (AvgIpc) is 2.43. The van der Waals surface area contributed by atoms with E-state index < -0.39 is 0 Å². The van der Waals surface area contributed by atoms with E-state index in [0.29, 0.717) is 5.92 Å². The molecule has 0 saturated carbocycles. The maximum Gasteiger partial charge on any atom is 0.216 e. The van der Waals surface area contributed by atoms with E-state index in [9.17, 15) is 4.79 Å². The van der Waals surface area contributed by atoms with Crippen molar-refractivity contribution in [1.29, 1.82) is 0 Å². The van der Waals surface area contributed by atoms with Gasteiger partial charge < -0.3 is 5.32 Å². The number of rotatable bonds is 5. The number of fused-ring (bicyclic) bond motifs is 1. The Morgan fingerprint density at radius 1 is 1.42 bits per heavy atom. The van der Waals surface area contributed by atoms with Crippen molar-refractivity contribution in [3.05, 3.63) is 34.9 Å². The van der Waals surface area contributed by atoms with Crippen molar-refractivity contribution in [3.8, 4) is 0 Å². The topological polar surface area (TPSA) is 29.1 Å². The predicted octanol–water partition coefficient (Wildman–Crippen LogP) is 3.59. The van der Waals surface area contributed by atoms with Crippen LogP contribution in [-0.4, -0.2) is 12.5 Å². The molecule has 0 aliphatic heterocycles. The molecule has 1 aliphatic carbocycles. The molecule has 1 unspecified atom stereocenters. The SMILES string of the molecule is CCc1ccc2c(c1)C(CCCNC(C)=O)CCC2. The van der Waals surface area contributed by atoms with Crippen molar-refractivity contribution in [1.82, 2.24) is 5.32 Å². The average molecular weight is 259 g/mol. The summed E-state index contributed by atoms with van der Waals surface area (Å²) in [6.45, 7) is 4.62. The first-order valence-electron chi connectivity index (χ1n) is 7.57. The highest BCUT2D eigenvalue weighted by Gasteiger charge is 2.19. The summed E-state index contributed by atoms with van der Waals surface area (Å²) in [5, 5.41) is 2.89. The molecule has 0 bridgehead atoms. The monoisotopic (exact) mass is 259 g/mol. The number of aryl methyl sites for hydroxylation is 2. The highest BCUT2D eigenvalue weighted by Crippen LogP contribution is 2.35. The van der Waals surface area contributed by atoms with Crippen LogP contribution >= 0.6 is 0 Å². The Labute approximate surface area is 116 Å². The molecule has 19 heavy (non-hydrogen) atoms. The normalized spacial score (nSPS) is 17.9. The molecule has 1 aromatic carbocycles. The first-order chi connectivity index (χ1) is 9.20. The van der Waals surface area contributed by atoms with E-state index in [-0.39, 0.29) is 5.91 Å². The summed E-state index contributed by atoms with van der Waals surface area (Å²) >= 11 is 0. The Morgan fingerprint density at radius 2 is 2.26 bits per heavy atom. The number of amides is 1. The van der Waals surface area contributed by atoms with E-state index in [4.69, 9.17) is 0 Å². The van der Waals surface area contributed by atoms with Crippen molar-refractivity contribution in [2.45, 2.75) is 58.3 Å². The van der Waals surface area contributed by atoms with Crippen molar-refractivity contribution in [3.63, 3.8) is 0 Å². The van der Waals surface area contributed by atoms with E-state index in [0.717, 1.165) is 19.4 Å². The zero-order valence-electron chi connectivity index (χ0n) is 12.2. The quantitative estimate of drug-likeness (QED) is 0.804. The van der Waals surface area contributed by atoms with Crippen LogP contribution in [0.3, 0.4) is 0 Å². The second-order valence-electron chi connectivity index (χ2n) is 5.60. The van der Waals surface area contributed by atoms with Gasteiger partial charge in [0.2, 0.25) is 5.91 Å². The lowest BCUT2D eigenvalue weighted by Crippen LogP contribution is -2.21. The van der Waals surface area contributed by atoms with Crippen LogP contribution in [0.25, 0.3) is 0 Å². The van der Waals surface area contributed by atoms with Crippen LogP contribution in [0.15, 0.2) is 18.2 Å². The van der Waals surface area contributed by atoms with Gasteiger partial charge in [0.25, 0.3) is 0 Å². The number of benzene rings is 1. The van der Waals surface area contributed by atoms with Crippen LogP contribution in [0.1, 0.15) is 62.1 Å². The second kappa shape index (κ2) is 6.74. The lowest BCUT2D eigenvalue weighted by atomic mass is 9.79. The zero-order valence-corrected chi connectivity index (χ0v) is 12.2. The Hall–Kier alpha value is -1.31. The van der Waals surface area contributed by atoms with E-state index in [1.807, 2.05) is 0 Å². The highest BCUT2D eigenvalue weighted by atomic mass is 16.1. The van der Waals surface area contributed by atoms with Gasteiger partial charge in [-0.25, -0.2) is 0 Å². The molecule has 1 atom stereocenters. The maximum absolute atomic E-state index is 10.9. The third-order valence-corrected chi connectivity index (χ3v) is 4.16. The largest absolute Gasteiger partial charge is 0.356 e. The van der Waals surface area contributed by atoms with Gasteiger partial charge in [0.1, 0.15) is 0 Å². The molecule has 0 aromatic heterocycles. The maximum atomic E-state index is 10.9. The molecule has 2 heteroatoms. The van der Waals surface area contributed by atoms with Crippen LogP contribution in [-0.2, 0) is 17.6 Å². The molecular weight excluding hydrogens is 234 g/mol. The summed E-state index contributed by atoms with van der Waals surface area (Å²) in [7, 11) is 0. The second-order valence-corrected chi connectivity index (χ2v) is 5.60. The van der Waals surface area contributed by atoms with Crippen molar-refractivity contribution in [2.24, 2.45) is 0 Å². The molecule has 1 aromatic rings. The minimum absolute atomic E-state index is 0.0808. The third kappa shape index (κ3) is 3.82. The highest BCUT2D eigenvalue weighted by molar-refractivity contribution is 5.72. The number of carbonyl (C=O) groups excluding carboxylic acids is 1. The van der Waals surface area contributed by atoms with Gasteiger partial charge in [-0.2, -0.15) is 0 Å². The number of hydrogen-bond donors (Lipinski definition) is 1. The van der Waals surface area contributed by atoms with E-state index >= 15 is 0 Å². The Bertz CT molecular complexity index is 439. The molecule has 0 fully saturated rings. The van der Waals surface area contributed by atoms with Crippen LogP contribution in [0, 0.1) is 0 Å². The molecule has 0 spiro atoms. The van der Waals surface area contributed by atoms with Gasteiger partial charge >= 0.3 is 0 Å². The van der Waals surface area contributed by atoms with Gasteiger partial charge in [-0.3, -0.25) is 4.79 Å². The van der Waals surface area contributed by atoms with Crippen LogP contribution in [0.4, 0.5) is 0 Å². The molecular formula is C17H25NO. The molecule has 0 saturated heterocycles. The Kier molecular flexibility index (Phi) is 5.00. The minimum atomic E-state index is 0.0808. The fraction of sp³-hybridized carbons (Fsp3) is 0.588. The first kappa shape index (κ1) is 14.1. The zero-order chi connectivity index (χ0) is 13.7. The third-order valence-electron chi connectivity index (χ3n) is 4.16. The predicted molar refractivity (Wildman–Crippen MR) is 79.4 cm³/mol. The molecule has 2 rings (SSSR count). The lowest BCUT2D eigenvalue weighted by Gasteiger charge is -2.26. The Balaban J connectivity index is 1.98. The summed E-state index contributed by atoms with van der Waals surface area (Å²) in [5.74, 6) is 0.779. The first-order valence-corrected chi connectivity index (χ1v) is 7.57. The van der Waals surface area contributed by atoms with E-state index in [2.05, 4.69) is 30.4 Å². The molecule has 1 N–H and O–H groups in total. The van der Waals surface area contributed by atoms with Gasteiger partial charge in [0.15, 0.2) is 0 Å². The fourth-order valence-electron chi connectivity index (χ4n) is 3.08. The van der Waals surface area contributed by atoms with Gasteiger partial charge in [-0.05, 0) is 61.1 Å². The number of hydrogen-bond acceptors (Lipinski definition) is 1. The van der Waals surface area contributed by atoms with Gasteiger partial charge in [-0.15, -0.1) is 0 Å². The summed E-state index contributed by atoms with van der Waals surface area (Å²) in [5.41, 5.74) is 4.58. The Morgan fingerprint density at radius 3 is 3.00 bits per heavy atom. The van der Waals surface area contributed by atoms with E-state index in [1.165, 1.54) is 31.2 Å². The van der Waals surface area contributed by atoms with E-state index in [1.54, 1.807) is 18.1 Å². The smallest absolute Gasteiger partial charge is 0.216 e. The van der Waals surface area contributed by atoms with Crippen LogP contribution < -0.4 is 5.32 Å². The summed E-state index contributed by atoms with van der Waals surface area (Å²) in [6.07, 6.45) is 7.25. The molecule has 0 radical (unpaired) electrons. The van der Waals surface area contributed by atoms with Crippen molar-refractivity contribution in [2.75, 3.05) is 6.54 Å². The standard InChI is InChI=1S/C17H25NO/c1-3-14-9-10-16-7-4-6-15(17(16)12-14)8-5-11-18-13(2)19/h9-10,12,15H,3-8,11H2,1-2H3,(H,18,19). The van der Waals surface area contributed by atoms with Crippen molar-refractivity contribution >= 4 is 5.91 Å². The van der Waals surface area contributed by atoms with Gasteiger partial charge in [-0.1, -0.05) is 25.1 Å². The molecule has 0 heterocycles. The van der Waals surface area contributed by atoms with Crippen molar-refractivity contribution < 1.29 is 4.79 Å². The molecule has 1 aliphatic rings. The summed E-state index contributed by atoms with van der Waals surface area (Å²) < 4.78 is 0. The van der Waals surface area contributed by atoms with Gasteiger partial charge in [0, 0.05) is 13.5 Å². The van der Waals surface area contributed by atoms with Gasteiger partial charge in [0.05, 0.1) is 0 Å². The summed E-state index contributed by atoms with van der Waals surface area (Å²) in [6, 6.07) is 7.02. The fourth-order valence-corrected chi connectivity index (χ4v) is 3.08. The lowest BCUT2D eigenvalue weighted by molar-refractivity contribution is -0.118. The van der Waals surface area contributed by atoms with Crippen LogP contribution in [0.2, 0.25) is 0 Å².